The van der Waals surface area contributed by atoms with Crippen LogP contribution in [0.1, 0.15) is 37.9 Å². The lowest BCUT2D eigenvalue weighted by molar-refractivity contribution is -0.148. The summed E-state index contributed by atoms with van der Waals surface area (Å²) in [6.45, 7) is 5.73. The molecule has 0 radical (unpaired) electrons. The zero-order valence-corrected chi connectivity index (χ0v) is 15.4. The lowest BCUT2D eigenvalue weighted by Crippen LogP contribution is -2.50. The van der Waals surface area contributed by atoms with Crippen LogP contribution in [0.25, 0.3) is 0 Å². The number of aromatic nitrogens is 2. The molecule has 0 aliphatic carbocycles. The molecule has 1 amide bonds. The number of carbonyl (C=O) groups excluding carboxylic acids is 1. The largest absolute Gasteiger partial charge is 0.383 e. The van der Waals surface area contributed by atoms with E-state index in [0.717, 1.165) is 11.3 Å². The van der Waals surface area contributed by atoms with Crippen molar-refractivity contribution in [1.29, 1.82) is 0 Å². The standard InChI is InChI=1S/C20H27N3O3/c1-19(2,15-26-14-16-6-4-3-5-7-16)18(24)23-12-9-20(25,10-13-23)17-8-11-21-22-17/h3-8,11,25H,9-10,12-15H2,1-2H3,(H,21,22). The molecule has 1 aliphatic heterocycles. The minimum Gasteiger partial charge on any atom is -0.383 e. The molecule has 0 spiro atoms. The van der Waals surface area contributed by atoms with E-state index in [1.807, 2.05) is 49.1 Å². The van der Waals surface area contributed by atoms with E-state index in [0.29, 0.717) is 39.1 Å². The van der Waals surface area contributed by atoms with E-state index < -0.39 is 11.0 Å². The number of amides is 1. The van der Waals surface area contributed by atoms with Crippen molar-refractivity contribution in [3.05, 3.63) is 53.9 Å². The summed E-state index contributed by atoms with van der Waals surface area (Å²) in [5.74, 6) is 0.0669. The number of benzene rings is 1. The first-order chi connectivity index (χ1) is 12.4. The smallest absolute Gasteiger partial charge is 0.230 e. The van der Waals surface area contributed by atoms with Gasteiger partial charge in [-0.25, -0.2) is 0 Å². The first-order valence-corrected chi connectivity index (χ1v) is 9.04. The van der Waals surface area contributed by atoms with E-state index in [9.17, 15) is 9.90 Å². The SMILES string of the molecule is CC(C)(COCc1ccccc1)C(=O)N1CCC(O)(c2ccn[nH]2)CC1. The lowest BCUT2D eigenvalue weighted by atomic mass is 9.86. The van der Waals surface area contributed by atoms with Gasteiger partial charge in [0.15, 0.2) is 0 Å². The Balaban J connectivity index is 1.52. The van der Waals surface area contributed by atoms with Crippen LogP contribution >= 0.6 is 0 Å². The normalized spacial score (nSPS) is 17.3. The summed E-state index contributed by atoms with van der Waals surface area (Å²) in [5.41, 5.74) is 0.285. The fourth-order valence-corrected chi connectivity index (χ4v) is 3.35. The minimum absolute atomic E-state index is 0.0669. The Morgan fingerprint density at radius 1 is 1.27 bits per heavy atom. The summed E-state index contributed by atoms with van der Waals surface area (Å²) < 4.78 is 5.79. The highest BCUT2D eigenvalue weighted by Gasteiger charge is 2.40. The van der Waals surface area contributed by atoms with Gasteiger partial charge in [-0.2, -0.15) is 5.10 Å². The van der Waals surface area contributed by atoms with Gasteiger partial charge in [0.25, 0.3) is 0 Å². The van der Waals surface area contributed by atoms with Crippen molar-refractivity contribution in [3.63, 3.8) is 0 Å². The second kappa shape index (κ2) is 7.60. The van der Waals surface area contributed by atoms with Gasteiger partial charge in [-0.3, -0.25) is 9.89 Å². The predicted molar refractivity (Wildman–Crippen MR) is 98.2 cm³/mol. The number of aromatic amines is 1. The van der Waals surface area contributed by atoms with Crippen LogP contribution in [0.5, 0.6) is 0 Å². The maximum absolute atomic E-state index is 12.9. The van der Waals surface area contributed by atoms with E-state index in [1.165, 1.54) is 0 Å². The predicted octanol–water partition coefficient (Wildman–Crippen LogP) is 2.46. The van der Waals surface area contributed by atoms with Crippen molar-refractivity contribution in [3.8, 4) is 0 Å². The zero-order chi connectivity index (χ0) is 18.6. The zero-order valence-electron chi connectivity index (χ0n) is 15.4. The maximum atomic E-state index is 12.9. The molecule has 1 fully saturated rings. The van der Waals surface area contributed by atoms with Gasteiger partial charge in [0.05, 0.1) is 24.3 Å². The molecule has 26 heavy (non-hydrogen) atoms. The van der Waals surface area contributed by atoms with Gasteiger partial charge in [-0.05, 0) is 38.3 Å². The highest BCUT2D eigenvalue weighted by atomic mass is 16.5. The molecular weight excluding hydrogens is 330 g/mol. The summed E-state index contributed by atoms with van der Waals surface area (Å²) in [6, 6.07) is 11.7. The Morgan fingerprint density at radius 2 is 1.96 bits per heavy atom. The van der Waals surface area contributed by atoms with Crippen molar-refractivity contribution < 1.29 is 14.6 Å². The topological polar surface area (TPSA) is 78.4 Å². The molecule has 2 N–H and O–H groups in total. The van der Waals surface area contributed by atoms with E-state index in [1.54, 1.807) is 12.3 Å². The molecule has 3 rings (SSSR count). The van der Waals surface area contributed by atoms with Crippen LogP contribution in [-0.2, 0) is 21.7 Å². The molecule has 0 saturated carbocycles. The van der Waals surface area contributed by atoms with E-state index >= 15 is 0 Å². The van der Waals surface area contributed by atoms with Crippen LogP contribution in [0.15, 0.2) is 42.6 Å². The Kier molecular flexibility index (Phi) is 5.44. The van der Waals surface area contributed by atoms with Crippen molar-refractivity contribution in [1.82, 2.24) is 15.1 Å². The number of rotatable bonds is 6. The van der Waals surface area contributed by atoms with Crippen LogP contribution < -0.4 is 0 Å². The summed E-state index contributed by atoms with van der Waals surface area (Å²) >= 11 is 0. The van der Waals surface area contributed by atoms with Gasteiger partial charge in [-0.15, -0.1) is 0 Å². The second-order valence-corrected chi connectivity index (χ2v) is 7.66. The summed E-state index contributed by atoms with van der Waals surface area (Å²) in [4.78, 5) is 14.7. The Morgan fingerprint density at radius 3 is 2.58 bits per heavy atom. The summed E-state index contributed by atoms with van der Waals surface area (Å²) in [7, 11) is 0. The average molecular weight is 357 g/mol. The Labute approximate surface area is 154 Å². The van der Waals surface area contributed by atoms with Gasteiger partial charge < -0.3 is 14.7 Å². The van der Waals surface area contributed by atoms with Gasteiger partial charge in [0, 0.05) is 19.3 Å². The van der Waals surface area contributed by atoms with Crippen LogP contribution in [0.3, 0.4) is 0 Å². The molecule has 1 aromatic carbocycles. The van der Waals surface area contributed by atoms with Gasteiger partial charge in [0.1, 0.15) is 5.60 Å². The van der Waals surface area contributed by atoms with Crippen LogP contribution in [0.2, 0.25) is 0 Å². The van der Waals surface area contributed by atoms with E-state index in [4.69, 9.17) is 4.74 Å². The van der Waals surface area contributed by atoms with Crippen LogP contribution in [0, 0.1) is 5.41 Å². The van der Waals surface area contributed by atoms with Gasteiger partial charge in [0.2, 0.25) is 5.91 Å². The number of hydrogen-bond acceptors (Lipinski definition) is 4. The van der Waals surface area contributed by atoms with Crippen LogP contribution in [-0.4, -0.2) is 45.8 Å². The van der Waals surface area contributed by atoms with Crippen molar-refractivity contribution in [2.75, 3.05) is 19.7 Å². The third-order valence-corrected chi connectivity index (χ3v) is 5.03. The van der Waals surface area contributed by atoms with Crippen LogP contribution in [0.4, 0.5) is 0 Å². The average Bonchev–Trinajstić information content (AvgIpc) is 3.18. The number of piperidine rings is 1. The number of ether oxygens (including phenoxy) is 1. The van der Waals surface area contributed by atoms with Crippen molar-refractivity contribution in [2.24, 2.45) is 5.41 Å². The second-order valence-electron chi connectivity index (χ2n) is 7.66. The molecule has 0 unspecified atom stereocenters. The molecule has 6 nitrogen and oxygen atoms in total. The number of aliphatic hydroxyl groups is 1. The number of nitrogens with one attached hydrogen (secondary N) is 1. The maximum Gasteiger partial charge on any atom is 0.230 e. The summed E-state index contributed by atoms with van der Waals surface area (Å²) in [5, 5.41) is 17.5. The minimum atomic E-state index is -0.929. The number of carbonyl (C=O) groups is 1. The fraction of sp³-hybridized carbons (Fsp3) is 0.500. The Hall–Kier alpha value is -2.18. The van der Waals surface area contributed by atoms with Crippen molar-refractivity contribution in [2.45, 2.75) is 38.9 Å². The molecule has 6 heteroatoms. The monoisotopic (exact) mass is 357 g/mol. The molecule has 1 aromatic heterocycles. The number of H-pyrrole nitrogens is 1. The third-order valence-electron chi connectivity index (χ3n) is 5.03. The fourth-order valence-electron chi connectivity index (χ4n) is 3.35. The first kappa shape index (κ1) is 18.6. The highest BCUT2D eigenvalue weighted by molar-refractivity contribution is 5.82. The molecule has 0 atom stereocenters. The number of hydrogen-bond donors (Lipinski definition) is 2. The highest BCUT2D eigenvalue weighted by Crippen LogP contribution is 2.33. The Bertz CT molecular complexity index is 705. The van der Waals surface area contributed by atoms with E-state index in [2.05, 4.69) is 10.2 Å². The molecule has 1 saturated heterocycles. The molecule has 2 heterocycles. The van der Waals surface area contributed by atoms with Gasteiger partial charge >= 0.3 is 0 Å². The van der Waals surface area contributed by atoms with Gasteiger partial charge in [-0.1, -0.05) is 30.3 Å². The molecule has 140 valence electrons. The quantitative estimate of drug-likeness (QED) is 0.832. The van der Waals surface area contributed by atoms with E-state index in [-0.39, 0.29) is 5.91 Å². The summed E-state index contributed by atoms with van der Waals surface area (Å²) in [6.07, 6.45) is 2.64. The number of nitrogens with zero attached hydrogens (tertiary/aromatic N) is 2. The molecule has 1 aliphatic rings. The molecular formula is C20H27N3O3. The number of likely N-dealkylation sites (tertiary alicyclic amines) is 1. The molecule has 2 aromatic rings. The molecule has 0 bridgehead atoms. The third kappa shape index (κ3) is 4.14. The first-order valence-electron chi connectivity index (χ1n) is 9.04. The lowest BCUT2D eigenvalue weighted by Gasteiger charge is -2.40. The van der Waals surface area contributed by atoms with Crippen molar-refractivity contribution >= 4 is 5.91 Å².